The van der Waals surface area contributed by atoms with Crippen molar-refractivity contribution in [1.82, 2.24) is 4.90 Å². The minimum Gasteiger partial charge on any atom is -0.288 e. The normalized spacial score (nSPS) is 24.1. The number of aliphatic imine (C=N–C) groups is 2. The van der Waals surface area contributed by atoms with Crippen molar-refractivity contribution >= 4 is 17.5 Å². The van der Waals surface area contributed by atoms with Crippen molar-refractivity contribution in [3.05, 3.63) is 70.8 Å². The van der Waals surface area contributed by atoms with Gasteiger partial charge in [-0.1, -0.05) is 48.5 Å². The molecule has 0 aliphatic carbocycles. The average molecular weight is 371 g/mol. The number of carbonyl (C=O) groups excluding carboxylic acids is 1. The number of nitrogens with zero attached hydrogens (tertiary/aromatic N) is 3. The molecule has 0 bridgehead atoms. The molecule has 1 atom stereocenters. The molecular weight excluding hydrogens is 346 g/mol. The SMILES string of the molecule is CC1(C)Cc2ccccc2C(C2N=C3c4ccccc4CC(C)(C)N3C2=O)=N1. The van der Waals surface area contributed by atoms with Crippen molar-refractivity contribution in [3.63, 3.8) is 0 Å². The molecule has 0 saturated heterocycles. The monoisotopic (exact) mass is 371 g/mol. The van der Waals surface area contributed by atoms with Gasteiger partial charge in [-0.2, -0.15) is 0 Å². The highest BCUT2D eigenvalue weighted by molar-refractivity contribution is 6.27. The first-order chi connectivity index (χ1) is 13.3. The Kier molecular flexibility index (Phi) is 3.49. The van der Waals surface area contributed by atoms with Crippen molar-refractivity contribution in [2.75, 3.05) is 0 Å². The summed E-state index contributed by atoms with van der Waals surface area (Å²) < 4.78 is 0. The van der Waals surface area contributed by atoms with E-state index in [4.69, 9.17) is 9.98 Å². The van der Waals surface area contributed by atoms with E-state index < -0.39 is 6.04 Å². The lowest BCUT2D eigenvalue weighted by Gasteiger charge is -2.41. The predicted molar refractivity (Wildman–Crippen MR) is 112 cm³/mol. The van der Waals surface area contributed by atoms with Crippen LogP contribution >= 0.6 is 0 Å². The van der Waals surface area contributed by atoms with Crippen LogP contribution < -0.4 is 0 Å². The average Bonchev–Trinajstić information content (AvgIpc) is 2.98. The zero-order chi connectivity index (χ0) is 19.7. The molecule has 4 nitrogen and oxygen atoms in total. The number of rotatable bonds is 1. The van der Waals surface area contributed by atoms with Crippen LogP contribution in [0.25, 0.3) is 0 Å². The van der Waals surface area contributed by atoms with Crippen LogP contribution in [0.3, 0.4) is 0 Å². The number of hydrogen-bond donors (Lipinski definition) is 0. The van der Waals surface area contributed by atoms with Crippen LogP contribution in [0.2, 0.25) is 0 Å². The van der Waals surface area contributed by atoms with Gasteiger partial charge in [-0.15, -0.1) is 0 Å². The topological polar surface area (TPSA) is 45.0 Å². The first-order valence-electron chi connectivity index (χ1n) is 9.95. The summed E-state index contributed by atoms with van der Waals surface area (Å²) >= 11 is 0. The minimum atomic E-state index is -0.568. The van der Waals surface area contributed by atoms with E-state index in [9.17, 15) is 4.79 Å². The highest BCUT2D eigenvalue weighted by atomic mass is 16.2. The molecule has 2 aromatic rings. The molecule has 0 aromatic heterocycles. The lowest BCUT2D eigenvalue weighted by molar-refractivity contribution is -0.129. The van der Waals surface area contributed by atoms with Crippen LogP contribution in [0.4, 0.5) is 0 Å². The number of amides is 1. The van der Waals surface area contributed by atoms with Crippen LogP contribution in [0.5, 0.6) is 0 Å². The van der Waals surface area contributed by atoms with E-state index in [0.29, 0.717) is 0 Å². The Morgan fingerprint density at radius 1 is 0.893 bits per heavy atom. The standard InChI is InChI=1S/C24H25N3O/c1-23(2)13-15-9-5-7-11-17(15)19(26-23)20-22(28)27-21(25-20)18-12-8-6-10-16(18)14-24(27,3)4/h5-12,20H,13-14H2,1-4H3. The van der Waals surface area contributed by atoms with Gasteiger partial charge in [-0.3, -0.25) is 14.7 Å². The molecule has 5 rings (SSSR count). The second-order valence-corrected chi connectivity index (χ2v) is 9.32. The van der Waals surface area contributed by atoms with Gasteiger partial charge in [0.1, 0.15) is 5.84 Å². The maximum atomic E-state index is 13.6. The zero-order valence-electron chi connectivity index (χ0n) is 16.9. The first-order valence-corrected chi connectivity index (χ1v) is 9.95. The molecule has 0 N–H and O–H groups in total. The molecule has 0 saturated carbocycles. The Morgan fingerprint density at radius 2 is 1.50 bits per heavy atom. The fraction of sp³-hybridized carbons (Fsp3) is 0.375. The number of hydrogen-bond acceptors (Lipinski definition) is 3. The van der Waals surface area contributed by atoms with Crippen molar-refractivity contribution in [2.45, 2.75) is 57.7 Å². The van der Waals surface area contributed by atoms with Crippen molar-refractivity contribution in [1.29, 1.82) is 0 Å². The number of fused-ring (bicyclic) bond motifs is 4. The molecule has 3 aliphatic rings. The van der Waals surface area contributed by atoms with E-state index in [1.165, 1.54) is 11.1 Å². The number of carbonyl (C=O) groups is 1. The van der Waals surface area contributed by atoms with E-state index in [0.717, 1.165) is 35.5 Å². The largest absolute Gasteiger partial charge is 0.288 e. The van der Waals surface area contributed by atoms with Gasteiger partial charge in [0.2, 0.25) is 0 Å². The predicted octanol–water partition coefficient (Wildman–Crippen LogP) is 3.80. The third-order valence-electron chi connectivity index (χ3n) is 6.00. The van der Waals surface area contributed by atoms with E-state index in [2.05, 4.69) is 64.1 Å². The summed E-state index contributed by atoms with van der Waals surface area (Å²) in [7, 11) is 0. The Hall–Kier alpha value is -2.75. The van der Waals surface area contributed by atoms with Crippen LogP contribution in [0.1, 0.15) is 49.9 Å². The third kappa shape index (κ3) is 2.47. The summed E-state index contributed by atoms with van der Waals surface area (Å²) in [5.41, 5.74) is 4.91. The zero-order valence-corrected chi connectivity index (χ0v) is 16.9. The molecule has 0 spiro atoms. The van der Waals surface area contributed by atoms with Gasteiger partial charge in [0.05, 0.1) is 11.3 Å². The van der Waals surface area contributed by atoms with Crippen molar-refractivity contribution in [2.24, 2.45) is 9.98 Å². The number of benzene rings is 2. The summed E-state index contributed by atoms with van der Waals surface area (Å²) in [6.07, 6.45) is 1.71. The Morgan fingerprint density at radius 3 is 2.21 bits per heavy atom. The van der Waals surface area contributed by atoms with Crippen LogP contribution in [-0.2, 0) is 17.6 Å². The lowest BCUT2D eigenvalue weighted by Crippen LogP contribution is -2.55. The van der Waals surface area contributed by atoms with E-state index in [1.807, 2.05) is 17.0 Å². The van der Waals surface area contributed by atoms with Gasteiger partial charge in [0, 0.05) is 16.7 Å². The maximum Gasteiger partial charge on any atom is 0.259 e. The Bertz CT molecular complexity index is 1060. The smallest absolute Gasteiger partial charge is 0.259 e. The third-order valence-corrected chi connectivity index (χ3v) is 6.00. The molecule has 28 heavy (non-hydrogen) atoms. The summed E-state index contributed by atoms with van der Waals surface area (Å²) in [4.78, 5) is 25.5. The highest BCUT2D eigenvalue weighted by Gasteiger charge is 2.49. The van der Waals surface area contributed by atoms with Gasteiger partial charge in [-0.05, 0) is 51.7 Å². The molecular formula is C24H25N3O. The van der Waals surface area contributed by atoms with E-state index in [1.54, 1.807) is 0 Å². The summed E-state index contributed by atoms with van der Waals surface area (Å²) in [6, 6.07) is 16.0. The van der Waals surface area contributed by atoms with Crippen LogP contribution in [0.15, 0.2) is 58.5 Å². The van der Waals surface area contributed by atoms with Gasteiger partial charge < -0.3 is 0 Å². The fourth-order valence-electron chi connectivity index (χ4n) is 4.88. The maximum absolute atomic E-state index is 13.6. The molecule has 0 radical (unpaired) electrons. The molecule has 1 amide bonds. The quantitative estimate of drug-likeness (QED) is 0.752. The molecule has 3 heterocycles. The molecule has 142 valence electrons. The van der Waals surface area contributed by atoms with E-state index in [-0.39, 0.29) is 17.0 Å². The van der Waals surface area contributed by atoms with Gasteiger partial charge in [-0.25, -0.2) is 4.99 Å². The minimum absolute atomic E-state index is 0.0424. The molecule has 2 aromatic carbocycles. The lowest BCUT2D eigenvalue weighted by atomic mass is 9.84. The first kappa shape index (κ1) is 17.4. The fourth-order valence-corrected chi connectivity index (χ4v) is 4.88. The van der Waals surface area contributed by atoms with Gasteiger partial charge >= 0.3 is 0 Å². The van der Waals surface area contributed by atoms with Crippen LogP contribution in [0, 0.1) is 0 Å². The van der Waals surface area contributed by atoms with Crippen LogP contribution in [-0.4, -0.2) is 39.5 Å². The molecule has 3 aliphatic heterocycles. The van der Waals surface area contributed by atoms with Gasteiger partial charge in [0.25, 0.3) is 5.91 Å². The van der Waals surface area contributed by atoms with Gasteiger partial charge in [0.15, 0.2) is 6.04 Å². The Balaban J connectivity index is 1.68. The summed E-state index contributed by atoms with van der Waals surface area (Å²) in [5, 5.41) is 0. The van der Waals surface area contributed by atoms with Crippen molar-refractivity contribution < 1.29 is 4.79 Å². The second-order valence-electron chi connectivity index (χ2n) is 9.32. The summed E-state index contributed by atoms with van der Waals surface area (Å²) in [5.74, 6) is 0.839. The molecule has 0 fully saturated rings. The van der Waals surface area contributed by atoms with Crippen molar-refractivity contribution in [3.8, 4) is 0 Å². The Labute approximate surface area is 166 Å². The molecule has 4 heteroatoms. The van der Waals surface area contributed by atoms with E-state index >= 15 is 0 Å². The number of amidine groups is 1. The summed E-state index contributed by atoms with van der Waals surface area (Å²) in [6.45, 7) is 8.50. The molecule has 1 unspecified atom stereocenters. The second kappa shape index (κ2) is 5.63. The highest BCUT2D eigenvalue weighted by Crippen LogP contribution is 2.37.